The first-order valence-electron chi connectivity index (χ1n) is 9.44. The van der Waals surface area contributed by atoms with E-state index >= 15 is 0 Å². The molecule has 0 saturated heterocycles. The van der Waals surface area contributed by atoms with Crippen molar-refractivity contribution in [2.75, 3.05) is 6.54 Å². The lowest BCUT2D eigenvalue weighted by atomic mass is 10.0. The first-order chi connectivity index (χ1) is 13.8. The number of carbonyl (C=O) groups is 1. The van der Waals surface area contributed by atoms with Gasteiger partial charge in [0.05, 0.1) is 0 Å². The maximum atomic E-state index is 11.8. The van der Waals surface area contributed by atoms with Gasteiger partial charge in [0, 0.05) is 10.8 Å². The van der Waals surface area contributed by atoms with E-state index in [1.807, 2.05) is 36.4 Å². The van der Waals surface area contributed by atoms with Crippen molar-refractivity contribution in [3.8, 4) is 0 Å². The number of carboxylic acids is 1. The molecule has 0 saturated carbocycles. The van der Waals surface area contributed by atoms with E-state index in [0.29, 0.717) is 30.5 Å². The normalized spacial score (nSPS) is 14.3. The lowest BCUT2D eigenvalue weighted by Gasteiger charge is -2.24. The highest BCUT2D eigenvalue weighted by Gasteiger charge is 2.32. The van der Waals surface area contributed by atoms with Gasteiger partial charge in [-0.05, 0) is 49.9 Å². The van der Waals surface area contributed by atoms with E-state index in [1.54, 1.807) is 6.07 Å². The van der Waals surface area contributed by atoms with Crippen LogP contribution in [0.15, 0.2) is 46.9 Å². The van der Waals surface area contributed by atoms with Crippen LogP contribution < -0.4 is 11.1 Å². The molecule has 9 heteroatoms. The number of unbranched alkanes of at least 4 members (excludes halogenated alkanes) is 1. The van der Waals surface area contributed by atoms with E-state index in [-0.39, 0.29) is 12.8 Å². The number of nitrogens with one attached hydrogen (secondary N) is 1. The van der Waals surface area contributed by atoms with Crippen molar-refractivity contribution in [2.45, 2.75) is 37.5 Å². The number of benzene rings is 2. The van der Waals surface area contributed by atoms with Gasteiger partial charge in [0.15, 0.2) is 0 Å². The van der Waals surface area contributed by atoms with Crippen LogP contribution in [-0.4, -0.2) is 39.2 Å². The molecule has 29 heavy (non-hydrogen) atoms. The molecule has 0 aliphatic heterocycles. The Morgan fingerprint density at radius 1 is 1.10 bits per heavy atom. The van der Waals surface area contributed by atoms with E-state index in [2.05, 4.69) is 5.32 Å². The molecule has 6 N–H and O–H groups in total. The topological polar surface area (TPSA) is 146 Å². The molecule has 1 heterocycles. The van der Waals surface area contributed by atoms with Gasteiger partial charge in [0.1, 0.15) is 23.0 Å². The number of rotatable bonds is 10. The number of aliphatic carboxylic acids is 1. The summed E-state index contributed by atoms with van der Waals surface area (Å²) in [5.41, 5.74) is 7.51. The van der Waals surface area contributed by atoms with Gasteiger partial charge in [-0.3, -0.25) is 14.7 Å². The summed E-state index contributed by atoms with van der Waals surface area (Å²) in [7, 11) is -4.51. The number of hydrogen-bond donors (Lipinski definition) is 5. The van der Waals surface area contributed by atoms with Gasteiger partial charge >= 0.3 is 13.6 Å². The Hall–Kier alpha value is -2.22. The summed E-state index contributed by atoms with van der Waals surface area (Å²) in [5.74, 6) is -2.41. The average molecular weight is 420 g/mol. The monoisotopic (exact) mass is 420 g/mol. The first-order valence-corrected chi connectivity index (χ1v) is 11.1. The molecular formula is C20H25N2O6P. The van der Waals surface area contributed by atoms with Gasteiger partial charge in [0.25, 0.3) is 0 Å². The highest BCUT2D eigenvalue weighted by atomic mass is 31.2. The van der Waals surface area contributed by atoms with Crippen molar-refractivity contribution < 1.29 is 28.7 Å². The van der Waals surface area contributed by atoms with Crippen molar-refractivity contribution >= 4 is 35.5 Å². The minimum Gasteiger partial charge on any atom is -0.480 e. The van der Waals surface area contributed by atoms with Crippen molar-refractivity contribution in [3.05, 3.63) is 48.0 Å². The van der Waals surface area contributed by atoms with Crippen LogP contribution in [0.5, 0.6) is 0 Å². The van der Waals surface area contributed by atoms with Crippen LogP contribution in [0.25, 0.3) is 21.9 Å². The summed E-state index contributed by atoms with van der Waals surface area (Å²) in [4.78, 5) is 31.0. The third kappa shape index (κ3) is 5.23. The zero-order chi connectivity index (χ0) is 21.0. The predicted octanol–water partition coefficient (Wildman–Crippen LogP) is 2.80. The summed E-state index contributed by atoms with van der Waals surface area (Å²) in [6, 6.07) is 11.9. The van der Waals surface area contributed by atoms with Gasteiger partial charge in [-0.1, -0.05) is 30.3 Å². The fraction of sp³-hybridized carbons (Fsp3) is 0.350. The summed E-state index contributed by atoms with van der Waals surface area (Å²) < 4.78 is 17.6. The number of furan rings is 1. The summed E-state index contributed by atoms with van der Waals surface area (Å²) in [6.45, 7) is 0.410. The Balaban J connectivity index is 1.81. The number of carboxylic acid groups (broad SMARTS) is 1. The van der Waals surface area contributed by atoms with Gasteiger partial charge < -0.3 is 25.0 Å². The molecule has 0 amide bonds. The zero-order valence-electron chi connectivity index (χ0n) is 15.8. The standard InChI is InChI=1S/C20H25N2O6P/c21-10-4-3-7-19(29(25,26)27)22-16(20(23)24)11-13-8-9-15-14-5-1-2-6-17(14)28-18(15)12-13/h1-2,5-6,8-9,12,16,19,22H,3-4,7,10-11,21H2,(H,23,24)(H2,25,26,27)/t16-,19+/m0/s1. The Kier molecular flexibility index (Phi) is 6.72. The highest BCUT2D eigenvalue weighted by molar-refractivity contribution is 7.52. The summed E-state index contributed by atoms with van der Waals surface area (Å²) in [5, 5.41) is 14.1. The summed E-state index contributed by atoms with van der Waals surface area (Å²) >= 11 is 0. The van der Waals surface area contributed by atoms with Gasteiger partial charge in [-0.25, -0.2) is 0 Å². The largest absolute Gasteiger partial charge is 0.480 e. The second kappa shape index (κ2) is 9.07. The lowest BCUT2D eigenvalue weighted by Crippen LogP contribution is -2.44. The molecule has 3 rings (SSSR count). The van der Waals surface area contributed by atoms with Crippen molar-refractivity contribution in [1.29, 1.82) is 0 Å². The van der Waals surface area contributed by atoms with E-state index in [4.69, 9.17) is 10.2 Å². The van der Waals surface area contributed by atoms with E-state index in [0.717, 1.165) is 16.4 Å². The number of nitrogens with two attached hydrogens (primary N) is 1. The molecule has 0 unspecified atom stereocenters. The van der Waals surface area contributed by atoms with Crippen LogP contribution >= 0.6 is 7.60 Å². The third-order valence-corrected chi connectivity index (χ3v) is 6.13. The molecule has 0 spiro atoms. The molecular weight excluding hydrogens is 395 g/mol. The number of para-hydroxylation sites is 1. The van der Waals surface area contributed by atoms with Crippen LogP contribution in [0, 0.1) is 0 Å². The molecule has 0 bridgehead atoms. The van der Waals surface area contributed by atoms with Gasteiger partial charge in [0.2, 0.25) is 0 Å². The highest BCUT2D eigenvalue weighted by Crippen LogP contribution is 2.42. The molecule has 0 radical (unpaired) electrons. The number of hydrogen-bond acceptors (Lipinski definition) is 5. The quantitative estimate of drug-likeness (QED) is 0.249. The van der Waals surface area contributed by atoms with Crippen molar-refractivity contribution in [1.82, 2.24) is 5.32 Å². The first kappa shape index (κ1) is 21.5. The smallest absolute Gasteiger partial charge is 0.342 e. The molecule has 0 aliphatic carbocycles. The molecule has 156 valence electrons. The maximum Gasteiger partial charge on any atom is 0.342 e. The molecule has 2 atom stereocenters. The minimum absolute atomic E-state index is 0.0652. The van der Waals surface area contributed by atoms with E-state index in [1.165, 1.54) is 0 Å². The summed E-state index contributed by atoms with van der Waals surface area (Å²) in [6.07, 6.45) is 1.32. The zero-order valence-corrected chi connectivity index (χ0v) is 16.7. The predicted molar refractivity (Wildman–Crippen MR) is 111 cm³/mol. The maximum absolute atomic E-state index is 11.8. The number of fused-ring (bicyclic) bond motifs is 3. The van der Waals surface area contributed by atoms with E-state index in [9.17, 15) is 24.3 Å². The fourth-order valence-corrected chi connectivity index (χ4v) is 4.31. The van der Waals surface area contributed by atoms with Crippen molar-refractivity contribution in [2.24, 2.45) is 5.73 Å². The second-order valence-electron chi connectivity index (χ2n) is 7.08. The van der Waals surface area contributed by atoms with Crippen LogP contribution in [0.4, 0.5) is 0 Å². The van der Waals surface area contributed by atoms with Gasteiger partial charge in [-0.2, -0.15) is 0 Å². The van der Waals surface area contributed by atoms with Crippen LogP contribution in [0.1, 0.15) is 24.8 Å². The second-order valence-corrected chi connectivity index (χ2v) is 8.88. The Morgan fingerprint density at radius 2 is 1.83 bits per heavy atom. The Bertz CT molecular complexity index is 1040. The third-order valence-electron chi connectivity index (χ3n) is 4.91. The molecule has 2 aromatic carbocycles. The molecule has 8 nitrogen and oxygen atoms in total. The lowest BCUT2D eigenvalue weighted by molar-refractivity contribution is -0.139. The van der Waals surface area contributed by atoms with Crippen LogP contribution in [0.3, 0.4) is 0 Å². The molecule has 1 aromatic heterocycles. The molecule has 3 aromatic rings. The Morgan fingerprint density at radius 3 is 2.52 bits per heavy atom. The van der Waals surface area contributed by atoms with Crippen molar-refractivity contribution in [3.63, 3.8) is 0 Å². The molecule has 0 fully saturated rings. The van der Waals surface area contributed by atoms with Crippen LogP contribution in [-0.2, 0) is 15.8 Å². The van der Waals surface area contributed by atoms with Gasteiger partial charge in [-0.15, -0.1) is 0 Å². The molecule has 0 aliphatic rings. The fourth-order valence-electron chi connectivity index (χ4n) is 3.41. The SMILES string of the molecule is NCCCC[C@H](N[C@@H](Cc1ccc2c(c1)oc1ccccc12)C(=O)O)P(=O)(O)O. The Labute approximate surface area is 167 Å². The average Bonchev–Trinajstić information content (AvgIpc) is 3.03. The minimum atomic E-state index is -4.51. The van der Waals surface area contributed by atoms with E-state index < -0.39 is 25.4 Å². The van der Waals surface area contributed by atoms with Crippen LogP contribution in [0.2, 0.25) is 0 Å².